The van der Waals surface area contributed by atoms with E-state index < -0.39 is 0 Å². The number of carbonyl (C=O) groups is 1. The number of aryl methyl sites for hydroxylation is 1. The molecule has 0 unspecified atom stereocenters. The summed E-state index contributed by atoms with van der Waals surface area (Å²) in [7, 11) is 0. The van der Waals surface area contributed by atoms with E-state index in [2.05, 4.69) is 42.5 Å². The molecular weight excluding hydrogens is 370 g/mol. The van der Waals surface area contributed by atoms with Crippen LogP contribution in [0.5, 0.6) is 0 Å². The number of urea groups is 1. The lowest BCUT2D eigenvalue weighted by Crippen LogP contribution is -2.30. The van der Waals surface area contributed by atoms with Crippen LogP contribution >= 0.6 is 11.6 Å². The Bertz CT molecular complexity index is 773. The number of anilines is 1. The number of benzene rings is 1. The average molecular weight is 402 g/mol. The Morgan fingerprint density at radius 3 is 2.79 bits per heavy atom. The number of amides is 2. The Balaban J connectivity index is 1.92. The normalized spacial score (nSPS) is 16.5. The maximum atomic E-state index is 12.3. The highest BCUT2D eigenvalue weighted by atomic mass is 35.5. The highest BCUT2D eigenvalue weighted by Gasteiger charge is 2.10. The Morgan fingerprint density at radius 2 is 2.11 bits per heavy atom. The van der Waals surface area contributed by atoms with Crippen LogP contribution in [0.3, 0.4) is 0 Å². The molecular formula is C23H32ClN3O. The third-order valence-corrected chi connectivity index (χ3v) is 5.63. The Morgan fingerprint density at radius 1 is 1.32 bits per heavy atom. The highest BCUT2D eigenvalue weighted by Crippen LogP contribution is 2.25. The maximum Gasteiger partial charge on any atom is 0.319 e. The van der Waals surface area contributed by atoms with E-state index >= 15 is 0 Å². The number of nitrogens with zero attached hydrogens (tertiary/aromatic N) is 1. The largest absolute Gasteiger partial charge is 0.338 e. The molecule has 1 aromatic rings. The van der Waals surface area contributed by atoms with Crippen molar-refractivity contribution >= 4 is 29.0 Å². The van der Waals surface area contributed by atoms with Gasteiger partial charge in [0.25, 0.3) is 0 Å². The molecule has 1 aromatic carbocycles. The zero-order chi connectivity index (χ0) is 20.5. The first-order valence-corrected chi connectivity index (χ1v) is 10.5. The first-order chi connectivity index (χ1) is 13.4. The van der Waals surface area contributed by atoms with Gasteiger partial charge in [0.2, 0.25) is 0 Å². The second-order valence-corrected chi connectivity index (χ2v) is 7.71. The van der Waals surface area contributed by atoms with Gasteiger partial charge in [-0.25, -0.2) is 4.79 Å². The molecule has 1 heterocycles. The van der Waals surface area contributed by atoms with Gasteiger partial charge in [0.15, 0.2) is 0 Å². The molecule has 0 fully saturated rings. The van der Waals surface area contributed by atoms with Gasteiger partial charge in [-0.05, 0) is 70.1 Å². The summed E-state index contributed by atoms with van der Waals surface area (Å²) in [6.07, 6.45) is 7.36. The summed E-state index contributed by atoms with van der Waals surface area (Å²) >= 11 is 6.18. The molecule has 0 atom stereocenters. The number of hydrogen-bond donors (Lipinski definition) is 2. The van der Waals surface area contributed by atoms with Crippen molar-refractivity contribution in [2.75, 3.05) is 18.4 Å². The van der Waals surface area contributed by atoms with Gasteiger partial charge in [-0.15, -0.1) is 0 Å². The lowest BCUT2D eigenvalue weighted by atomic mass is 9.96. The van der Waals surface area contributed by atoms with Crippen LogP contribution < -0.4 is 10.6 Å². The number of para-hydroxylation sites is 1. The van der Waals surface area contributed by atoms with Gasteiger partial charge in [-0.1, -0.05) is 47.9 Å². The third-order valence-electron chi connectivity index (χ3n) is 5.32. The van der Waals surface area contributed by atoms with Crippen molar-refractivity contribution in [2.24, 2.45) is 4.99 Å². The van der Waals surface area contributed by atoms with Crippen LogP contribution in [0.25, 0.3) is 0 Å². The van der Waals surface area contributed by atoms with E-state index in [1.165, 1.54) is 22.4 Å². The summed E-state index contributed by atoms with van der Waals surface area (Å²) in [6, 6.07) is 5.35. The van der Waals surface area contributed by atoms with E-state index in [0.717, 1.165) is 44.2 Å². The van der Waals surface area contributed by atoms with Crippen LogP contribution in [0, 0.1) is 6.92 Å². The summed E-state index contributed by atoms with van der Waals surface area (Å²) in [6.45, 7) is 9.93. The lowest BCUT2D eigenvalue weighted by Gasteiger charge is -2.15. The van der Waals surface area contributed by atoms with Gasteiger partial charge in [-0.2, -0.15) is 0 Å². The molecule has 0 aromatic heterocycles. The third kappa shape index (κ3) is 6.52. The Labute approximate surface area is 174 Å². The van der Waals surface area contributed by atoms with Gasteiger partial charge in [0.1, 0.15) is 0 Å². The first-order valence-electron chi connectivity index (χ1n) is 10.1. The zero-order valence-electron chi connectivity index (χ0n) is 17.5. The van der Waals surface area contributed by atoms with Gasteiger partial charge in [-0.3, -0.25) is 4.99 Å². The molecule has 2 rings (SSSR count). The van der Waals surface area contributed by atoms with Crippen LogP contribution in [0.15, 0.2) is 46.0 Å². The first kappa shape index (κ1) is 22.2. The number of halogens is 1. The minimum absolute atomic E-state index is 0.224. The molecule has 1 aliphatic heterocycles. The average Bonchev–Trinajstić information content (AvgIpc) is 2.68. The second kappa shape index (κ2) is 11.1. The fourth-order valence-electron chi connectivity index (χ4n) is 3.31. The second-order valence-electron chi connectivity index (χ2n) is 7.30. The van der Waals surface area contributed by atoms with E-state index in [1.54, 1.807) is 6.07 Å². The Hall–Kier alpha value is -2.07. The van der Waals surface area contributed by atoms with Crippen LogP contribution in [0.2, 0.25) is 5.02 Å². The van der Waals surface area contributed by atoms with E-state index in [9.17, 15) is 4.79 Å². The molecule has 152 valence electrons. The number of aliphatic imine (C=N–C) groups is 1. The van der Waals surface area contributed by atoms with Crippen molar-refractivity contribution in [3.63, 3.8) is 0 Å². The van der Waals surface area contributed by atoms with Gasteiger partial charge in [0.05, 0.1) is 10.7 Å². The van der Waals surface area contributed by atoms with Crippen LogP contribution in [-0.2, 0) is 0 Å². The molecule has 0 bridgehead atoms. The molecule has 0 aliphatic carbocycles. The summed E-state index contributed by atoms with van der Waals surface area (Å²) in [5.41, 5.74) is 6.94. The Kier molecular flexibility index (Phi) is 8.78. The monoisotopic (exact) mass is 401 g/mol. The number of rotatable bonds is 7. The van der Waals surface area contributed by atoms with Crippen molar-refractivity contribution in [1.82, 2.24) is 5.32 Å². The van der Waals surface area contributed by atoms with E-state index in [-0.39, 0.29) is 6.03 Å². The minimum Gasteiger partial charge on any atom is -0.338 e. The quantitative estimate of drug-likeness (QED) is 0.506. The van der Waals surface area contributed by atoms with E-state index in [4.69, 9.17) is 11.6 Å². The molecule has 0 saturated heterocycles. The van der Waals surface area contributed by atoms with Crippen molar-refractivity contribution < 1.29 is 4.79 Å². The number of carbonyl (C=O) groups excluding carboxylic acids is 1. The van der Waals surface area contributed by atoms with Crippen LogP contribution in [0.4, 0.5) is 10.5 Å². The summed E-state index contributed by atoms with van der Waals surface area (Å²) in [4.78, 5) is 16.8. The van der Waals surface area contributed by atoms with Crippen molar-refractivity contribution in [3.8, 4) is 0 Å². The number of nitrogens with one attached hydrogen (secondary N) is 2. The van der Waals surface area contributed by atoms with Crippen LogP contribution in [0.1, 0.15) is 58.4 Å². The SMILES string of the molecule is CCC(C)=C(C/C=C1/CCCN=C1C)CCNC(=O)Nc1c(C)cccc1Cl. The van der Waals surface area contributed by atoms with Gasteiger partial charge >= 0.3 is 6.03 Å². The van der Waals surface area contributed by atoms with Crippen molar-refractivity contribution in [2.45, 2.75) is 59.8 Å². The van der Waals surface area contributed by atoms with Crippen molar-refractivity contribution in [1.29, 1.82) is 0 Å². The van der Waals surface area contributed by atoms with Crippen molar-refractivity contribution in [3.05, 3.63) is 51.6 Å². The molecule has 5 heteroatoms. The van der Waals surface area contributed by atoms with Gasteiger partial charge < -0.3 is 10.6 Å². The molecule has 0 spiro atoms. The number of hydrogen-bond acceptors (Lipinski definition) is 2. The molecule has 0 radical (unpaired) electrons. The fraction of sp³-hybridized carbons (Fsp3) is 0.478. The lowest BCUT2D eigenvalue weighted by molar-refractivity contribution is 0.252. The molecule has 28 heavy (non-hydrogen) atoms. The standard InChI is InChI=1S/C23H32ClN3O/c1-5-16(2)19(11-12-20-9-7-14-25-18(20)4)13-15-26-23(28)27-22-17(3)8-6-10-21(22)24/h6,8,10,12H,5,7,9,11,13-15H2,1-4H3,(H2,26,27,28)/b19-16?,20-12-. The summed E-state index contributed by atoms with van der Waals surface area (Å²) in [5.74, 6) is 0. The summed E-state index contributed by atoms with van der Waals surface area (Å²) in [5, 5.41) is 6.36. The minimum atomic E-state index is -0.224. The predicted octanol–water partition coefficient (Wildman–Crippen LogP) is 6.46. The molecule has 2 amide bonds. The van der Waals surface area contributed by atoms with Crippen LogP contribution in [-0.4, -0.2) is 24.8 Å². The smallest absolute Gasteiger partial charge is 0.319 e. The molecule has 1 aliphatic rings. The molecule has 2 N–H and O–H groups in total. The van der Waals surface area contributed by atoms with Gasteiger partial charge in [0, 0.05) is 18.8 Å². The zero-order valence-corrected chi connectivity index (χ0v) is 18.2. The van der Waals surface area contributed by atoms with E-state index in [1.807, 2.05) is 19.1 Å². The highest BCUT2D eigenvalue weighted by molar-refractivity contribution is 6.33. The molecule has 0 saturated carbocycles. The molecule has 4 nitrogen and oxygen atoms in total. The topological polar surface area (TPSA) is 53.5 Å². The maximum absolute atomic E-state index is 12.3. The fourth-order valence-corrected chi connectivity index (χ4v) is 3.58. The predicted molar refractivity (Wildman–Crippen MR) is 121 cm³/mol. The number of allylic oxidation sites excluding steroid dienone is 3. The summed E-state index contributed by atoms with van der Waals surface area (Å²) < 4.78 is 0. The van der Waals surface area contributed by atoms with E-state index in [0.29, 0.717) is 17.3 Å².